The summed E-state index contributed by atoms with van der Waals surface area (Å²) in [7, 11) is 0. The van der Waals surface area contributed by atoms with Gasteiger partial charge >= 0.3 is 5.97 Å². The van der Waals surface area contributed by atoms with Crippen LogP contribution in [0.2, 0.25) is 5.02 Å². The first-order valence-corrected chi connectivity index (χ1v) is 11.3. The molecular weight excluding hydrogens is 462 g/mol. The quantitative estimate of drug-likeness (QED) is 0.277. The van der Waals surface area contributed by atoms with Gasteiger partial charge in [0.1, 0.15) is 5.75 Å². The van der Waals surface area contributed by atoms with Crippen molar-refractivity contribution >= 4 is 40.8 Å². The van der Waals surface area contributed by atoms with Gasteiger partial charge in [-0.25, -0.2) is 4.79 Å². The maximum atomic E-state index is 12.8. The van der Waals surface area contributed by atoms with E-state index in [-0.39, 0.29) is 17.2 Å². The fourth-order valence-corrected chi connectivity index (χ4v) is 4.52. The highest BCUT2D eigenvalue weighted by Gasteiger charge is 2.26. The number of fused-ring (bicyclic) bond motifs is 1. The van der Waals surface area contributed by atoms with Crippen LogP contribution < -0.4 is 5.32 Å². The maximum Gasteiger partial charge on any atom is 0.335 e. The summed E-state index contributed by atoms with van der Waals surface area (Å²) in [5, 5.41) is 22.9. The number of aromatic hydroxyl groups is 1. The van der Waals surface area contributed by atoms with E-state index in [9.17, 15) is 19.8 Å². The summed E-state index contributed by atoms with van der Waals surface area (Å²) in [4.78, 5) is 24.3. The summed E-state index contributed by atoms with van der Waals surface area (Å²) in [6, 6.07) is 23.5. The van der Waals surface area contributed by atoms with Crippen molar-refractivity contribution in [3.8, 4) is 28.0 Å². The molecule has 0 aromatic heterocycles. The second kappa shape index (κ2) is 8.78. The smallest absolute Gasteiger partial charge is 0.335 e. The summed E-state index contributed by atoms with van der Waals surface area (Å²) in [5.74, 6) is -1.08. The average Bonchev–Trinajstić information content (AvgIpc) is 3.13. The number of aryl methyl sites for hydroxylation is 1. The van der Waals surface area contributed by atoms with Crippen molar-refractivity contribution < 1.29 is 19.8 Å². The van der Waals surface area contributed by atoms with Crippen molar-refractivity contribution in [2.45, 2.75) is 6.92 Å². The number of benzene rings is 4. The van der Waals surface area contributed by atoms with E-state index in [1.807, 2.05) is 42.5 Å². The van der Waals surface area contributed by atoms with Crippen molar-refractivity contribution in [3.05, 3.63) is 106 Å². The van der Waals surface area contributed by atoms with E-state index in [0.717, 1.165) is 22.3 Å². The van der Waals surface area contributed by atoms with E-state index in [1.165, 1.54) is 0 Å². The number of nitrogens with one attached hydrogen (secondary N) is 1. The lowest BCUT2D eigenvalue weighted by Gasteiger charge is -2.10. The molecule has 1 aliphatic rings. The Morgan fingerprint density at radius 3 is 2.26 bits per heavy atom. The van der Waals surface area contributed by atoms with E-state index in [2.05, 4.69) is 5.32 Å². The zero-order chi connectivity index (χ0) is 24.7. The standard InChI is InChI=1S/C29H20ClNO4/c1-16-6-7-17(12-21(16)29(34)35)13-24-23-14-22(25(30)15-26(23)31-28(24)33)19-10-8-18(9-11-19)20-4-2-3-5-27(20)32/h2-15,32H,1H3,(H,31,33)(H,34,35)/b24-13-. The molecule has 5 nitrogen and oxygen atoms in total. The number of hydrogen-bond acceptors (Lipinski definition) is 3. The molecule has 5 rings (SSSR count). The van der Waals surface area contributed by atoms with Gasteiger partial charge in [-0.05, 0) is 59.5 Å². The zero-order valence-electron chi connectivity index (χ0n) is 18.7. The summed E-state index contributed by atoms with van der Waals surface area (Å²) < 4.78 is 0. The number of phenols is 1. The third kappa shape index (κ3) is 4.18. The van der Waals surface area contributed by atoms with E-state index in [1.54, 1.807) is 49.4 Å². The molecule has 0 bridgehead atoms. The largest absolute Gasteiger partial charge is 0.507 e. The first-order chi connectivity index (χ1) is 16.8. The predicted octanol–water partition coefficient (Wildman–Crippen LogP) is 6.88. The zero-order valence-corrected chi connectivity index (χ0v) is 19.4. The molecule has 0 spiro atoms. The van der Waals surface area contributed by atoms with Gasteiger partial charge in [-0.15, -0.1) is 0 Å². The molecule has 3 N–H and O–H groups in total. The summed E-state index contributed by atoms with van der Waals surface area (Å²) in [6.07, 6.45) is 1.69. The molecule has 1 heterocycles. The number of rotatable bonds is 4. The van der Waals surface area contributed by atoms with Crippen LogP contribution in [-0.4, -0.2) is 22.1 Å². The van der Waals surface area contributed by atoms with Crippen LogP contribution in [0.15, 0.2) is 78.9 Å². The second-order valence-corrected chi connectivity index (χ2v) is 8.77. The Labute approximate surface area is 206 Å². The van der Waals surface area contributed by atoms with Crippen LogP contribution in [0, 0.1) is 6.92 Å². The molecule has 0 saturated carbocycles. The van der Waals surface area contributed by atoms with Crippen LogP contribution in [0.25, 0.3) is 33.9 Å². The number of aromatic carboxylic acids is 1. The normalized spacial score (nSPS) is 13.5. The van der Waals surface area contributed by atoms with E-state index >= 15 is 0 Å². The second-order valence-electron chi connectivity index (χ2n) is 8.36. The molecule has 0 aliphatic carbocycles. The van der Waals surface area contributed by atoms with E-state index in [4.69, 9.17) is 11.6 Å². The van der Waals surface area contributed by atoms with Gasteiger partial charge in [0.25, 0.3) is 5.91 Å². The van der Waals surface area contributed by atoms with Crippen LogP contribution in [0.1, 0.15) is 27.0 Å². The molecule has 6 heteroatoms. The Kier molecular flexibility index (Phi) is 5.63. The van der Waals surface area contributed by atoms with Gasteiger partial charge in [-0.3, -0.25) is 4.79 Å². The maximum absolute atomic E-state index is 12.8. The number of halogens is 1. The lowest BCUT2D eigenvalue weighted by molar-refractivity contribution is -0.110. The number of carboxylic acid groups (broad SMARTS) is 1. The monoisotopic (exact) mass is 481 g/mol. The lowest BCUT2D eigenvalue weighted by Crippen LogP contribution is -2.04. The average molecular weight is 482 g/mol. The van der Waals surface area contributed by atoms with Crippen LogP contribution in [0.4, 0.5) is 5.69 Å². The fourth-order valence-electron chi connectivity index (χ4n) is 4.25. The number of carbonyl (C=O) groups excluding carboxylic acids is 1. The van der Waals surface area contributed by atoms with Gasteiger partial charge in [-0.1, -0.05) is 66.2 Å². The third-order valence-electron chi connectivity index (χ3n) is 6.10. The van der Waals surface area contributed by atoms with Crippen LogP contribution >= 0.6 is 11.6 Å². The third-order valence-corrected chi connectivity index (χ3v) is 6.42. The van der Waals surface area contributed by atoms with Crippen molar-refractivity contribution in [1.82, 2.24) is 0 Å². The molecule has 0 unspecified atom stereocenters. The Morgan fingerprint density at radius 1 is 0.886 bits per heavy atom. The fraction of sp³-hybridized carbons (Fsp3) is 0.0345. The summed E-state index contributed by atoms with van der Waals surface area (Å²) >= 11 is 6.58. The molecule has 1 amide bonds. The number of amides is 1. The molecule has 0 fully saturated rings. The SMILES string of the molecule is Cc1ccc(/C=C2\C(=O)Nc3cc(Cl)c(-c4ccc(-c5ccccc5O)cc4)cc32)cc1C(=O)O. The number of para-hydroxylation sites is 1. The molecule has 172 valence electrons. The van der Waals surface area contributed by atoms with E-state index < -0.39 is 5.97 Å². The highest BCUT2D eigenvalue weighted by atomic mass is 35.5. The van der Waals surface area contributed by atoms with Gasteiger partial charge in [0.15, 0.2) is 0 Å². The van der Waals surface area contributed by atoms with Gasteiger partial charge < -0.3 is 15.5 Å². The molecule has 35 heavy (non-hydrogen) atoms. The van der Waals surface area contributed by atoms with E-state index in [0.29, 0.717) is 33.0 Å². The Hall–Kier alpha value is -4.35. The minimum atomic E-state index is -1.01. The minimum absolute atomic E-state index is 0.194. The lowest BCUT2D eigenvalue weighted by atomic mass is 9.96. The van der Waals surface area contributed by atoms with Gasteiger partial charge in [-0.2, -0.15) is 0 Å². The Balaban J connectivity index is 1.55. The number of phenolic OH excluding ortho intramolecular Hbond substituents is 1. The molecular formula is C29H20ClNO4. The minimum Gasteiger partial charge on any atom is -0.507 e. The van der Waals surface area contributed by atoms with Crippen LogP contribution in [0.5, 0.6) is 5.75 Å². The molecule has 0 atom stereocenters. The summed E-state index contributed by atoms with van der Waals surface area (Å²) in [5.41, 5.74) is 6.41. The first kappa shape index (κ1) is 22.4. The number of carbonyl (C=O) groups is 2. The number of hydrogen-bond donors (Lipinski definition) is 3. The van der Waals surface area contributed by atoms with Gasteiger partial charge in [0.2, 0.25) is 0 Å². The van der Waals surface area contributed by atoms with Crippen LogP contribution in [-0.2, 0) is 4.79 Å². The highest BCUT2D eigenvalue weighted by Crippen LogP contribution is 2.41. The van der Waals surface area contributed by atoms with Gasteiger partial charge in [0, 0.05) is 22.3 Å². The van der Waals surface area contributed by atoms with Crippen molar-refractivity contribution in [2.24, 2.45) is 0 Å². The molecule has 0 radical (unpaired) electrons. The van der Waals surface area contributed by atoms with Crippen molar-refractivity contribution in [1.29, 1.82) is 0 Å². The van der Waals surface area contributed by atoms with Gasteiger partial charge in [0.05, 0.1) is 16.3 Å². The number of carboxylic acids is 1. The Morgan fingerprint density at radius 2 is 1.57 bits per heavy atom. The Bertz CT molecular complexity index is 1540. The first-order valence-electron chi connectivity index (χ1n) is 10.9. The van der Waals surface area contributed by atoms with Crippen molar-refractivity contribution in [3.63, 3.8) is 0 Å². The molecule has 1 aliphatic heterocycles. The molecule has 0 saturated heterocycles. The van der Waals surface area contributed by atoms with Crippen molar-refractivity contribution in [2.75, 3.05) is 5.32 Å². The molecule has 4 aromatic rings. The predicted molar refractivity (Wildman–Crippen MR) is 139 cm³/mol. The molecule has 4 aromatic carbocycles. The topological polar surface area (TPSA) is 86.6 Å². The van der Waals surface area contributed by atoms with Crippen LogP contribution in [0.3, 0.4) is 0 Å². The summed E-state index contributed by atoms with van der Waals surface area (Å²) in [6.45, 7) is 1.73. The number of anilines is 1. The highest BCUT2D eigenvalue weighted by molar-refractivity contribution is 6.38.